The van der Waals surface area contributed by atoms with Gasteiger partial charge < -0.3 is 4.74 Å². The number of hydrogen-bond donors (Lipinski definition) is 0. The minimum atomic E-state index is -0.619. The Labute approximate surface area is 171 Å². The van der Waals surface area contributed by atoms with Crippen molar-refractivity contribution in [2.45, 2.75) is 6.04 Å². The van der Waals surface area contributed by atoms with Crippen LogP contribution >= 0.6 is 27.5 Å². The Balaban J connectivity index is 2.03. The van der Waals surface area contributed by atoms with Crippen molar-refractivity contribution in [2.24, 2.45) is 7.05 Å². The maximum Gasteiger partial charge on any atom is 0.329 e. The van der Waals surface area contributed by atoms with Gasteiger partial charge in [0.15, 0.2) is 5.78 Å². The normalized spacial score (nSPS) is 14.1. The molecule has 0 spiro atoms. The summed E-state index contributed by atoms with van der Waals surface area (Å²) in [7, 11) is 1.54. The van der Waals surface area contributed by atoms with E-state index in [-0.39, 0.29) is 33.4 Å². The molecule has 1 saturated heterocycles. The lowest BCUT2D eigenvalue weighted by atomic mass is 9.97. The van der Waals surface area contributed by atoms with Gasteiger partial charge in [-0.2, -0.15) is 5.26 Å². The minimum absolute atomic E-state index is 0.0216. The van der Waals surface area contributed by atoms with Gasteiger partial charge in [0.05, 0.1) is 46.4 Å². The molecular formula is C19H12BrClFN3O3. The number of hydrogen-bond acceptors (Lipinski definition) is 4. The first-order chi connectivity index (χ1) is 13.3. The Hall–Kier alpha value is -2.47. The number of nitriles is 1. The van der Waals surface area contributed by atoms with Crippen LogP contribution < -0.4 is 5.69 Å². The quantitative estimate of drug-likeness (QED) is 0.555. The first-order valence-corrected chi connectivity index (χ1v) is 9.43. The smallest absolute Gasteiger partial charge is 0.329 e. The van der Waals surface area contributed by atoms with Crippen LogP contribution in [0.5, 0.6) is 0 Å². The molecule has 2 aromatic carbocycles. The van der Waals surface area contributed by atoms with Crippen LogP contribution in [0, 0.1) is 17.1 Å². The number of carbonyl (C=O) groups excluding carboxylic acids is 1. The Morgan fingerprint density at radius 2 is 2.11 bits per heavy atom. The molecule has 0 bridgehead atoms. The third kappa shape index (κ3) is 2.70. The predicted octanol–water partition coefficient (Wildman–Crippen LogP) is 3.57. The number of ether oxygens (including phenoxy) is 1. The fraction of sp³-hybridized carbons (Fsp3) is 0.211. The molecule has 1 aliphatic heterocycles. The summed E-state index contributed by atoms with van der Waals surface area (Å²) in [6, 6.07) is 6.97. The van der Waals surface area contributed by atoms with Crippen molar-refractivity contribution in [1.82, 2.24) is 9.13 Å². The van der Waals surface area contributed by atoms with Gasteiger partial charge in [0.1, 0.15) is 11.9 Å². The number of nitrogens with zero attached hydrogens (tertiary/aromatic N) is 3. The number of rotatable bonds is 3. The summed E-state index contributed by atoms with van der Waals surface area (Å²) in [5.74, 6) is -1.23. The van der Waals surface area contributed by atoms with Crippen LogP contribution in [0.4, 0.5) is 4.39 Å². The molecule has 0 aliphatic carbocycles. The van der Waals surface area contributed by atoms with Crippen molar-refractivity contribution in [3.63, 3.8) is 0 Å². The number of halogens is 3. The molecule has 6 nitrogen and oxygen atoms in total. The summed E-state index contributed by atoms with van der Waals surface area (Å²) in [6.07, 6.45) is 0. The molecule has 0 atom stereocenters. The monoisotopic (exact) mass is 463 g/mol. The molecule has 9 heteroatoms. The Kier molecular flexibility index (Phi) is 4.62. The number of aryl methyl sites for hydroxylation is 1. The number of carbonyl (C=O) groups is 1. The Morgan fingerprint density at radius 1 is 1.39 bits per heavy atom. The number of fused-ring (bicyclic) bond motifs is 1. The maximum absolute atomic E-state index is 13.7. The number of imidazole rings is 1. The molecule has 3 aromatic rings. The van der Waals surface area contributed by atoms with E-state index in [1.54, 1.807) is 17.7 Å². The van der Waals surface area contributed by atoms with Gasteiger partial charge >= 0.3 is 5.69 Å². The van der Waals surface area contributed by atoms with Crippen molar-refractivity contribution in [3.05, 3.63) is 66.8 Å². The second-order valence-electron chi connectivity index (χ2n) is 6.44. The highest BCUT2D eigenvalue weighted by Crippen LogP contribution is 2.34. The zero-order valence-electron chi connectivity index (χ0n) is 14.5. The summed E-state index contributed by atoms with van der Waals surface area (Å²) in [4.78, 5) is 25.9. The summed E-state index contributed by atoms with van der Waals surface area (Å²) in [6.45, 7) is 0.802. The van der Waals surface area contributed by atoms with E-state index in [0.29, 0.717) is 28.7 Å². The van der Waals surface area contributed by atoms with Gasteiger partial charge in [-0.3, -0.25) is 13.9 Å². The standard InChI is InChI=1S/C19H12BrClFN3O3/c1-24-17-12(6-23)16(18(26)11-4-9(22)2-3-14(11)21)13(20)5-15(17)25(19(24)27)10-7-28-8-10/h2-5,10H,7-8H2,1H3. The van der Waals surface area contributed by atoms with Crippen LogP contribution in [0.25, 0.3) is 11.0 Å². The zero-order chi connectivity index (χ0) is 20.2. The Morgan fingerprint density at radius 3 is 2.71 bits per heavy atom. The van der Waals surface area contributed by atoms with Crippen molar-refractivity contribution in [1.29, 1.82) is 5.26 Å². The number of benzene rings is 2. The maximum atomic E-state index is 13.7. The van der Waals surface area contributed by atoms with Crippen molar-refractivity contribution < 1.29 is 13.9 Å². The first kappa shape index (κ1) is 18.9. The second kappa shape index (κ2) is 6.85. The number of ketones is 1. The van der Waals surface area contributed by atoms with Gasteiger partial charge in [-0.05, 0) is 40.2 Å². The molecule has 0 amide bonds. The lowest BCUT2D eigenvalue weighted by Crippen LogP contribution is -2.37. The van der Waals surface area contributed by atoms with Crippen LogP contribution in [0.1, 0.15) is 27.5 Å². The molecule has 1 fully saturated rings. The lowest BCUT2D eigenvalue weighted by Gasteiger charge is -2.27. The van der Waals surface area contributed by atoms with Crippen molar-refractivity contribution in [3.8, 4) is 6.07 Å². The minimum Gasteiger partial charge on any atom is -0.377 e. The zero-order valence-corrected chi connectivity index (χ0v) is 16.8. The highest BCUT2D eigenvalue weighted by atomic mass is 79.9. The van der Waals surface area contributed by atoms with Crippen LogP contribution in [0.3, 0.4) is 0 Å². The van der Waals surface area contributed by atoms with Gasteiger partial charge in [0, 0.05) is 17.1 Å². The van der Waals surface area contributed by atoms with E-state index in [4.69, 9.17) is 16.3 Å². The molecule has 0 saturated carbocycles. The molecular weight excluding hydrogens is 453 g/mol. The van der Waals surface area contributed by atoms with E-state index < -0.39 is 11.6 Å². The largest absolute Gasteiger partial charge is 0.377 e. The molecule has 0 unspecified atom stereocenters. The molecule has 28 heavy (non-hydrogen) atoms. The van der Waals surface area contributed by atoms with Crippen molar-refractivity contribution in [2.75, 3.05) is 13.2 Å². The van der Waals surface area contributed by atoms with Crippen LogP contribution in [-0.2, 0) is 11.8 Å². The molecule has 1 aromatic heterocycles. The van der Waals surface area contributed by atoms with E-state index in [1.807, 2.05) is 6.07 Å². The molecule has 142 valence electrons. The molecule has 1 aliphatic rings. The fourth-order valence-electron chi connectivity index (χ4n) is 3.37. The third-order valence-corrected chi connectivity index (χ3v) is 5.77. The average molecular weight is 465 g/mol. The highest BCUT2D eigenvalue weighted by Gasteiger charge is 2.30. The van der Waals surface area contributed by atoms with Crippen molar-refractivity contribution >= 4 is 44.3 Å². The Bertz CT molecular complexity index is 1250. The molecule has 2 heterocycles. The SMILES string of the molecule is Cn1c(=O)n(C2COC2)c2cc(Br)c(C(=O)c3cc(F)ccc3Cl)c(C#N)c21. The summed E-state index contributed by atoms with van der Waals surface area (Å²) < 4.78 is 22.1. The third-order valence-electron chi connectivity index (χ3n) is 4.82. The van der Waals surface area contributed by atoms with E-state index in [1.165, 1.54) is 10.6 Å². The van der Waals surface area contributed by atoms with Gasteiger partial charge in [-0.15, -0.1) is 0 Å². The van der Waals surface area contributed by atoms with E-state index in [0.717, 1.165) is 12.1 Å². The van der Waals surface area contributed by atoms with Crippen LogP contribution in [0.15, 0.2) is 33.5 Å². The summed E-state index contributed by atoms with van der Waals surface area (Å²) in [5, 5.41) is 9.89. The molecule has 0 N–H and O–H groups in total. The molecule has 4 rings (SSSR count). The predicted molar refractivity (Wildman–Crippen MR) is 104 cm³/mol. The lowest BCUT2D eigenvalue weighted by molar-refractivity contribution is -0.0231. The second-order valence-corrected chi connectivity index (χ2v) is 7.71. The molecule has 0 radical (unpaired) electrons. The van der Waals surface area contributed by atoms with E-state index in [2.05, 4.69) is 15.9 Å². The number of aromatic nitrogens is 2. The fourth-order valence-corrected chi connectivity index (χ4v) is 4.17. The first-order valence-electron chi connectivity index (χ1n) is 8.26. The average Bonchev–Trinajstić information content (AvgIpc) is 2.85. The van der Waals surface area contributed by atoms with E-state index >= 15 is 0 Å². The van der Waals surface area contributed by atoms with Crippen LogP contribution in [-0.4, -0.2) is 28.1 Å². The van der Waals surface area contributed by atoms with Gasteiger partial charge in [-0.1, -0.05) is 11.6 Å². The van der Waals surface area contributed by atoms with E-state index in [9.17, 15) is 19.2 Å². The summed E-state index contributed by atoms with van der Waals surface area (Å²) >= 11 is 9.42. The summed E-state index contributed by atoms with van der Waals surface area (Å²) in [5.41, 5.74) is 0.535. The van der Waals surface area contributed by atoms with Gasteiger partial charge in [0.25, 0.3) is 0 Å². The van der Waals surface area contributed by atoms with Crippen LogP contribution in [0.2, 0.25) is 5.02 Å². The van der Waals surface area contributed by atoms with Gasteiger partial charge in [0.2, 0.25) is 0 Å². The van der Waals surface area contributed by atoms with Gasteiger partial charge in [-0.25, -0.2) is 9.18 Å². The topological polar surface area (TPSA) is 77.0 Å². The highest BCUT2D eigenvalue weighted by molar-refractivity contribution is 9.10.